The highest BCUT2D eigenvalue weighted by Crippen LogP contribution is 2.41. The van der Waals surface area contributed by atoms with E-state index in [0.717, 1.165) is 4.68 Å². The Kier molecular flexibility index (Phi) is 4.45. The molecule has 0 amide bonds. The number of hydrogen-bond donors (Lipinski definition) is 0. The van der Waals surface area contributed by atoms with E-state index in [2.05, 4.69) is 9.84 Å². The topological polar surface area (TPSA) is 27.1 Å². The van der Waals surface area contributed by atoms with Crippen LogP contribution in [0.3, 0.4) is 0 Å². The highest BCUT2D eigenvalue weighted by molar-refractivity contribution is 6.37. The Morgan fingerprint density at radius 2 is 1.68 bits per heavy atom. The first-order chi connectivity index (χ1) is 11.5. The van der Waals surface area contributed by atoms with Crippen molar-refractivity contribution in [1.82, 2.24) is 9.78 Å². The quantitative estimate of drug-likeness (QED) is 0.598. The minimum Gasteiger partial charge on any atom is -0.284 e. The lowest BCUT2D eigenvalue weighted by Crippen LogP contribution is -2.16. The molecule has 25 heavy (non-hydrogen) atoms. The van der Waals surface area contributed by atoms with Gasteiger partial charge in [0.15, 0.2) is 0 Å². The molecule has 3 rings (SSSR count). The third-order valence-electron chi connectivity index (χ3n) is 3.66. The van der Waals surface area contributed by atoms with Crippen LogP contribution in [0.1, 0.15) is 29.3 Å². The van der Waals surface area contributed by atoms with E-state index in [-0.39, 0.29) is 34.1 Å². The van der Waals surface area contributed by atoms with Crippen LogP contribution in [0.25, 0.3) is 5.69 Å². The number of rotatable bonds is 2. The van der Waals surface area contributed by atoms with Crippen LogP contribution >= 0.6 is 23.2 Å². The Bertz CT molecular complexity index is 792. The summed E-state index contributed by atoms with van der Waals surface area (Å²) in [5, 5.41) is 3.42. The maximum Gasteiger partial charge on any atom is 0.523 e. The van der Waals surface area contributed by atoms with Crippen molar-refractivity contribution in [2.75, 3.05) is 0 Å². The zero-order valence-electron chi connectivity index (χ0n) is 12.1. The number of fused-ring (bicyclic) bond motifs is 1. The molecule has 3 nitrogen and oxygen atoms in total. The van der Waals surface area contributed by atoms with Gasteiger partial charge in [-0.25, -0.2) is 4.68 Å². The number of ether oxygens (including phenoxy) is 1. The van der Waals surface area contributed by atoms with Gasteiger partial charge in [-0.15, -0.1) is 13.2 Å². The second-order valence-electron chi connectivity index (χ2n) is 5.35. The monoisotopic (exact) mass is 404 g/mol. The Labute approximate surface area is 147 Å². The summed E-state index contributed by atoms with van der Waals surface area (Å²) in [5.41, 5.74) is -0.536. The Morgan fingerprint density at radius 1 is 1.08 bits per heavy atom. The second-order valence-corrected chi connectivity index (χ2v) is 6.17. The van der Waals surface area contributed by atoms with Crippen molar-refractivity contribution in [1.29, 1.82) is 0 Å². The van der Waals surface area contributed by atoms with Crippen LogP contribution in [-0.2, 0) is 17.3 Å². The molecule has 0 aliphatic heterocycles. The molecule has 0 saturated heterocycles. The van der Waals surface area contributed by atoms with Crippen LogP contribution in [0, 0.1) is 0 Å². The molecule has 0 bridgehead atoms. The van der Waals surface area contributed by atoms with Gasteiger partial charge in [0.2, 0.25) is 0 Å². The molecule has 136 valence electrons. The van der Waals surface area contributed by atoms with Crippen LogP contribution < -0.4 is 0 Å². The molecule has 0 spiro atoms. The van der Waals surface area contributed by atoms with Crippen molar-refractivity contribution >= 4 is 23.2 Å². The van der Waals surface area contributed by atoms with Crippen molar-refractivity contribution in [2.45, 2.75) is 31.5 Å². The molecule has 1 heterocycles. The maximum absolute atomic E-state index is 12.8. The van der Waals surface area contributed by atoms with E-state index in [1.54, 1.807) is 0 Å². The SMILES string of the molecule is FC(F)(F)OC1CCc2nn(-c3c(Cl)cc(C(F)(F)F)cc3Cl)cc21. The first-order valence-electron chi connectivity index (χ1n) is 6.85. The lowest BCUT2D eigenvalue weighted by molar-refractivity contribution is -0.344. The van der Waals surface area contributed by atoms with Crippen molar-refractivity contribution in [2.24, 2.45) is 0 Å². The van der Waals surface area contributed by atoms with Crippen LogP contribution in [0.15, 0.2) is 18.3 Å². The van der Waals surface area contributed by atoms with Gasteiger partial charge in [-0.3, -0.25) is 4.74 Å². The van der Waals surface area contributed by atoms with Gasteiger partial charge >= 0.3 is 12.5 Å². The fourth-order valence-electron chi connectivity index (χ4n) is 2.66. The molecule has 0 radical (unpaired) electrons. The molecule has 1 aromatic heterocycles. The van der Waals surface area contributed by atoms with E-state index in [1.807, 2.05) is 0 Å². The summed E-state index contributed by atoms with van der Waals surface area (Å²) >= 11 is 11.8. The van der Waals surface area contributed by atoms with Crippen LogP contribution in [-0.4, -0.2) is 16.1 Å². The first-order valence-corrected chi connectivity index (χ1v) is 7.61. The summed E-state index contributed by atoms with van der Waals surface area (Å²) in [7, 11) is 0. The van der Waals surface area contributed by atoms with Crippen LogP contribution in [0.5, 0.6) is 0 Å². The van der Waals surface area contributed by atoms with E-state index in [9.17, 15) is 26.3 Å². The molecule has 1 aliphatic rings. The predicted octanol–water partition coefficient (Wildman–Crippen LogP) is 5.72. The van der Waals surface area contributed by atoms with Gasteiger partial charge < -0.3 is 0 Å². The van der Waals surface area contributed by atoms with Gasteiger partial charge in [-0.1, -0.05) is 23.2 Å². The van der Waals surface area contributed by atoms with Gasteiger partial charge in [0.05, 0.1) is 27.4 Å². The summed E-state index contributed by atoms with van der Waals surface area (Å²) in [6.07, 6.45) is -9.10. The minimum absolute atomic E-state index is 0.0449. The van der Waals surface area contributed by atoms with E-state index >= 15 is 0 Å². The Hall–Kier alpha value is -1.45. The summed E-state index contributed by atoms with van der Waals surface area (Å²) in [6, 6.07) is 1.36. The van der Waals surface area contributed by atoms with Gasteiger partial charge in [0.1, 0.15) is 5.69 Å². The molecule has 1 aliphatic carbocycles. The first kappa shape index (κ1) is 18.3. The molecule has 1 unspecified atom stereocenters. The summed E-state index contributed by atoms with van der Waals surface area (Å²) < 4.78 is 80.6. The molecular formula is C14H8Cl2F6N2O. The van der Waals surface area contributed by atoms with E-state index in [1.165, 1.54) is 6.20 Å². The number of alkyl halides is 6. The second kappa shape index (κ2) is 6.07. The van der Waals surface area contributed by atoms with E-state index < -0.39 is 24.2 Å². The normalized spacial score (nSPS) is 17.8. The smallest absolute Gasteiger partial charge is 0.284 e. The molecule has 11 heteroatoms. The van der Waals surface area contributed by atoms with Crippen LogP contribution in [0.2, 0.25) is 10.0 Å². The van der Waals surface area contributed by atoms with Crippen molar-refractivity contribution in [3.63, 3.8) is 0 Å². The molecule has 0 N–H and O–H groups in total. The number of aromatic nitrogens is 2. The maximum atomic E-state index is 12.8. The summed E-state index contributed by atoms with van der Waals surface area (Å²) in [5.74, 6) is 0. The highest BCUT2D eigenvalue weighted by Gasteiger charge is 2.39. The van der Waals surface area contributed by atoms with Crippen LogP contribution in [0.4, 0.5) is 26.3 Å². The molecule has 0 saturated carbocycles. The number of benzene rings is 1. The molecule has 0 fully saturated rings. The zero-order valence-corrected chi connectivity index (χ0v) is 13.6. The van der Waals surface area contributed by atoms with E-state index in [0.29, 0.717) is 17.8 Å². The predicted molar refractivity (Wildman–Crippen MR) is 76.8 cm³/mol. The summed E-state index contributed by atoms with van der Waals surface area (Å²) in [6.45, 7) is 0. The molecule has 1 aromatic carbocycles. The highest BCUT2D eigenvalue weighted by atomic mass is 35.5. The average Bonchev–Trinajstić information content (AvgIpc) is 2.98. The van der Waals surface area contributed by atoms with Crippen molar-refractivity contribution in [3.05, 3.63) is 45.2 Å². The third kappa shape index (κ3) is 3.73. The van der Waals surface area contributed by atoms with Gasteiger partial charge in [0.25, 0.3) is 0 Å². The average molecular weight is 405 g/mol. The van der Waals surface area contributed by atoms with Gasteiger partial charge in [-0.05, 0) is 25.0 Å². The number of nitrogens with zero attached hydrogens (tertiary/aromatic N) is 2. The van der Waals surface area contributed by atoms with Crippen molar-refractivity contribution in [3.8, 4) is 5.69 Å². The van der Waals surface area contributed by atoms with Gasteiger partial charge in [-0.2, -0.15) is 18.3 Å². The standard InChI is InChI=1S/C14H8Cl2F6N2O/c15-8-3-6(13(17,18)19)4-9(16)12(8)24-5-7-10(23-24)1-2-11(7)25-14(20,21)22/h3-5,11H,1-2H2. The lowest BCUT2D eigenvalue weighted by Gasteiger charge is -2.14. The molecule has 2 aromatic rings. The lowest BCUT2D eigenvalue weighted by atomic mass is 10.2. The minimum atomic E-state index is -4.81. The zero-order chi connectivity index (χ0) is 18.6. The number of halogens is 8. The third-order valence-corrected chi connectivity index (χ3v) is 4.24. The number of hydrogen-bond acceptors (Lipinski definition) is 2. The fraction of sp³-hybridized carbons (Fsp3) is 0.357. The fourth-order valence-corrected chi connectivity index (χ4v) is 3.32. The molecular weight excluding hydrogens is 397 g/mol. The Balaban J connectivity index is 1.99. The van der Waals surface area contributed by atoms with Gasteiger partial charge in [0, 0.05) is 11.8 Å². The summed E-state index contributed by atoms with van der Waals surface area (Å²) in [4.78, 5) is 0. The number of aryl methyl sites for hydroxylation is 1. The molecule has 1 atom stereocenters. The Morgan fingerprint density at radius 3 is 2.20 bits per heavy atom. The van der Waals surface area contributed by atoms with E-state index in [4.69, 9.17) is 23.2 Å². The van der Waals surface area contributed by atoms with Crippen molar-refractivity contribution < 1.29 is 31.1 Å². The largest absolute Gasteiger partial charge is 0.523 e.